The van der Waals surface area contributed by atoms with Gasteiger partial charge in [-0.1, -0.05) is 13.8 Å². The molecule has 0 fully saturated rings. The van der Waals surface area contributed by atoms with E-state index < -0.39 is 57.5 Å². The van der Waals surface area contributed by atoms with Crippen LogP contribution in [-0.2, 0) is 10.9 Å². The molecule has 1 atom stereocenters. The molecule has 3 heterocycles. The third-order valence-electron chi connectivity index (χ3n) is 6.13. The molecule has 1 aliphatic heterocycles. The van der Waals surface area contributed by atoms with Gasteiger partial charge < -0.3 is 35.7 Å². The number of aromatic nitrogens is 3. The van der Waals surface area contributed by atoms with Crippen LogP contribution in [0, 0.1) is 18.6 Å². The quantitative estimate of drug-likeness (QED) is 0.174. The fourth-order valence-corrected chi connectivity index (χ4v) is 4.26. The van der Waals surface area contributed by atoms with Crippen LogP contribution in [0.25, 0.3) is 22.2 Å². The van der Waals surface area contributed by atoms with Crippen LogP contribution in [0.4, 0.5) is 33.5 Å². The normalized spacial score (nSPS) is 15.6. The summed E-state index contributed by atoms with van der Waals surface area (Å²) >= 11 is 0. The van der Waals surface area contributed by atoms with Gasteiger partial charge in [-0.2, -0.15) is 23.1 Å². The summed E-state index contributed by atoms with van der Waals surface area (Å²) in [6.45, 7) is 7.98. The van der Waals surface area contributed by atoms with Crippen molar-refractivity contribution in [1.82, 2.24) is 20.3 Å². The van der Waals surface area contributed by atoms with Gasteiger partial charge in [-0.25, -0.2) is 13.8 Å². The molecular weight excluding hydrogens is 567 g/mol. The van der Waals surface area contributed by atoms with Gasteiger partial charge in [0.05, 0.1) is 37.2 Å². The number of aliphatic hydroxyl groups is 1. The second-order valence-electron chi connectivity index (χ2n) is 9.06. The van der Waals surface area contributed by atoms with Crippen LogP contribution >= 0.6 is 0 Å². The Morgan fingerprint density at radius 3 is 2.50 bits per heavy atom. The van der Waals surface area contributed by atoms with E-state index in [4.69, 9.17) is 25.1 Å². The van der Waals surface area contributed by atoms with Crippen molar-refractivity contribution < 1.29 is 41.3 Å². The molecule has 4 rings (SSSR count). The SMILES string of the molecule is CC.Cc1c(F)c(N)cc(-c2nc3c4c(nc(OCCOCCO)nc4c2F)NCCNCCC(C)O3)c1C(F)(F)F. The summed E-state index contributed by atoms with van der Waals surface area (Å²) in [4.78, 5) is 12.6. The van der Waals surface area contributed by atoms with Gasteiger partial charge in [0.15, 0.2) is 5.82 Å². The highest BCUT2D eigenvalue weighted by molar-refractivity contribution is 5.96. The molecule has 1 unspecified atom stereocenters. The van der Waals surface area contributed by atoms with Crippen molar-refractivity contribution >= 4 is 22.4 Å². The summed E-state index contributed by atoms with van der Waals surface area (Å²) in [5.74, 6) is -2.62. The van der Waals surface area contributed by atoms with Crippen molar-refractivity contribution in [2.45, 2.75) is 46.4 Å². The zero-order valence-electron chi connectivity index (χ0n) is 23.8. The molecule has 5 N–H and O–H groups in total. The maximum Gasteiger partial charge on any atom is 0.417 e. The topological polar surface area (TPSA) is 137 Å². The first-order valence-corrected chi connectivity index (χ1v) is 13.5. The van der Waals surface area contributed by atoms with E-state index >= 15 is 4.39 Å². The molecule has 1 aliphatic rings. The number of pyridine rings is 1. The predicted octanol–water partition coefficient (Wildman–Crippen LogP) is 4.47. The zero-order chi connectivity index (χ0) is 31.0. The minimum absolute atomic E-state index is 0.000699. The van der Waals surface area contributed by atoms with Crippen molar-refractivity contribution in [3.63, 3.8) is 0 Å². The Kier molecular flexibility index (Phi) is 11.4. The number of alkyl halides is 3. The van der Waals surface area contributed by atoms with E-state index in [1.807, 2.05) is 13.8 Å². The smallest absolute Gasteiger partial charge is 0.417 e. The monoisotopic (exact) mass is 602 g/mol. The number of nitrogens with one attached hydrogen (secondary N) is 2. The van der Waals surface area contributed by atoms with Gasteiger partial charge in [-0.05, 0) is 38.4 Å². The van der Waals surface area contributed by atoms with Crippen LogP contribution in [0.1, 0.15) is 38.3 Å². The van der Waals surface area contributed by atoms with E-state index in [2.05, 4.69) is 25.6 Å². The lowest BCUT2D eigenvalue weighted by Gasteiger charge is -2.21. The number of anilines is 2. The van der Waals surface area contributed by atoms with Gasteiger partial charge in [-0.3, -0.25) is 0 Å². The molecular formula is C27H35F5N6O4. The van der Waals surface area contributed by atoms with E-state index in [-0.39, 0.29) is 49.5 Å². The first kappa shape index (κ1) is 32.9. The summed E-state index contributed by atoms with van der Waals surface area (Å²) in [7, 11) is 0. The highest BCUT2D eigenvalue weighted by Gasteiger charge is 2.39. The Labute approximate surface area is 239 Å². The highest BCUT2D eigenvalue weighted by atomic mass is 19.4. The van der Waals surface area contributed by atoms with E-state index in [0.29, 0.717) is 32.1 Å². The standard InChI is InChI=1S/C25H29F5N6O4.C2H6/c1-12-3-4-32-5-6-33-22-16-21(35-24(36-22)39-10-9-38-8-7-37)19(27)20(34-23(16)40-12)14-11-15(31)18(26)13(2)17(14)25(28,29)30;1-2/h11-12,32,37H,3-10,31H2,1-2H3,(H,33,35,36);1-2H3. The fraction of sp³-hybridized carbons (Fsp3) is 0.519. The molecule has 232 valence electrons. The Hall–Kier alpha value is -3.56. The Bertz CT molecular complexity index is 1380. The van der Waals surface area contributed by atoms with E-state index in [0.717, 1.165) is 6.92 Å². The number of ether oxygens (including phenoxy) is 3. The number of nitrogen functional groups attached to an aromatic ring is 1. The number of aliphatic hydroxyl groups excluding tert-OH is 1. The molecule has 0 bridgehead atoms. The first-order valence-electron chi connectivity index (χ1n) is 13.5. The van der Waals surface area contributed by atoms with Crippen molar-refractivity contribution in [2.75, 3.05) is 57.1 Å². The number of hydrogen-bond donors (Lipinski definition) is 4. The van der Waals surface area contributed by atoms with Gasteiger partial charge >= 0.3 is 12.2 Å². The molecule has 0 radical (unpaired) electrons. The number of rotatable bonds is 7. The van der Waals surface area contributed by atoms with Crippen LogP contribution in [0.5, 0.6) is 11.9 Å². The molecule has 10 nitrogen and oxygen atoms in total. The molecule has 0 saturated carbocycles. The highest BCUT2D eigenvalue weighted by Crippen LogP contribution is 2.44. The molecule has 0 aliphatic carbocycles. The van der Waals surface area contributed by atoms with E-state index in [1.54, 1.807) is 6.92 Å². The summed E-state index contributed by atoms with van der Waals surface area (Å²) < 4.78 is 89.8. The number of benzene rings is 1. The van der Waals surface area contributed by atoms with Gasteiger partial charge in [0, 0.05) is 18.7 Å². The molecule has 2 aromatic heterocycles. The predicted molar refractivity (Wildman–Crippen MR) is 148 cm³/mol. The summed E-state index contributed by atoms with van der Waals surface area (Å²) in [6.07, 6.45) is -5.02. The van der Waals surface area contributed by atoms with Gasteiger partial charge in [0.1, 0.15) is 34.8 Å². The van der Waals surface area contributed by atoms with Crippen molar-refractivity contribution in [2.24, 2.45) is 0 Å². The number of nitrogens with zero attached hydrogens (tertiary/aromatic N) is 3. The molecule has 3 aromatic rings. The third kappa shape index (κ3) is 7.44. The van der Waals surface area contributed by atoms with Gasteiger partial charge in [0.2, 0.25) is 5.88 Å². The third-order valence-corrected chi connectivity index (χ3v) is 6.13. The summed E-state index contributed by atoms with van der Waals surface area (Å²) in [5, 5.41) is 15.1. The van der Waals surface area contributed by atoms with E-state index in [1.165, 1.54) is 0 Å². The minimum Gasteiger partial charge on any atom is -0.474 e. The van der Waals surface area contributed by atoms with Crippen molar-refractivity contribution in [3.05, 3.63) is 28.8 Å². The first-order chi connectivity index (χ1) is 20.0. The molecule has 0 amide bonds. The van der Waals surface area contributed by atoms with Crippen LogP contribution in [0.15, 0.2) is 6.07 Å². The maximum atomic E-state index is 16.2. The lowest BCUT2D eigenvalue weighted by molar-refractivity contribution is -0.137. The van der Waals surface area contributed by atoms with Crippen molar-refractivity contribution in [3.8, 4) is 23.1 Å². The lowest BCUT2D eigenvalue weighted by atomic mass is 9.96. The average Bonchev–Trinajstić information content (AvgIpc) is 2.98. The van der Waals surface area contributed by atoms with Crippen LogP contribution < -0.4 is 25.8 Å². The van der Waals surface area contributed by atoms with Gasteiger partial charge in [-0.15, -0.1) is 0 Å². The summed E-state index contributed by atoms with van der Waals surface area (Å²) in [6, 6.07) is 0.413. The van der Waals surface area contributed by atoms with Gasteiger partial charge in [0.25, 0.3) is 0 Å². The summed E-state index contributed by atoms with van der Waals surface area (Å²) in [5.41, 5.74) is 0.884. The number of hydrogen-bond acceptors (Lipinski definition) is 10. The average molecular weight is 603 g/mol. The number of nitrogens with two attached hydrogens (primary N) is 1. The Morgan fingerprint density at radius 1 is 1.07 bits per heavy atom. The Balaban J connectivity index is 0.00000237. The second-order valence-corrected chi connectivity index (χ2v) is 9.06. The van der Waals surface area contributed by atoms with Crippen molar-refractivity contribution in [1.29, 1.82) is 0 Å². The number of halogens is 5. The van der Waals surface area contributed by atoms with Crippen LogP contribution in [0.3, 0.4) is 0 Å². The van der Waals surface area contributed by atoms with Crippen LogP contribution in [-0.4, -0.2) is 72.2 Å². The Morgan fingerprint density at radius 2 is 1.81 bits per heavy atom. The fourth-order valence-electron chi connectivity index (χ4n) is 4.26. The maximum absolute atomic E-state index is 16.2. The molecule has 0 saturated heterocycles. The largest absolute Gasteiger partial charge is 0.474 e. The zero-order valence-corrected chi connectivity index (χ0v) is 23.8. The lowest BCUT2D eigenvalue weighted by Crippen LogP contribution is -2.26. The molecule has 0 spiro atoms. The van der Waals surface area contributed by atoms with Crippen LogP contribution in [0.2, 0.25) is 0 Å². The molecule has 15 heteroatoms. The van der Waals surface area contributed by atoms with E-state index in [9.17, 15) is 17.6 Å². The molecule has 1 aromatic carbocycles. The minimum atomic E-state index is -5.06. The second kappa shape index (κ2) is 14.6. The molecule has 42 heavy (non-hydrogen) atoms.